The molecule has 2 N–H and O–H groups in total. The van der Waals surface area contributed by atoms with E-state index in [1.54, 1.807) is 22.9 Å². The maximum atomic E-state index is 12.7. The van der Waals surface area contributed by atoms with Crippen molar-refractivity contribution in [3.63, 3.8) is 0 Å². The van der Waals surface area contributed by atoms with Crippen LogP contribution in [0.25, 0.3) is 11.0 Å². The molecule has 9 heteroatoms. The van der Waals surface area contributed by atoms with E-state index in [0.29, 0.717) is 42.7 Å². The second kappa shape index (κ2) is 6.59. The van der Waals surface area contributed by atoms with Crippen molar-refractivity contribution in [2.45, 2.75) is 39.7 Å². The van der Waals surface area contributed by atoms with Crippen LogP contribution in [0.4, 0.5) is 5.69 Å². The van der Waals surface area contributed by atoms with Gasteiger partial charge in [0.15, 0.2) is 5.15 Å². The first-order valence-corrected chi connectivity index (χ1v) is 8.97. The number of nitrogens with two attached hydrogens (primary N) is 1. The number of hydrogen-bond acceptors (Lipinski definition) is 6. The molecule has 0 aromatic carbocycles. The lowest BCUT2D eigenvalue weighted by Crippen LogP contribution is -2.40. The number of hydroxylamine groups is 2. The number of halogens is 1. The van der Waals surface area contributed by atoms with Crippen LogP contribution in [0.1, 0.15) is 39.7 Å². The Labute approximate surface area is 156 Å². The number of imidazole rings is 1. The van der Waals surface area contributed by atoms with E-state index in [9.17, 15) is 9.59 Å². The summed E-state index contributed by atoms with van der Waals surface area (Å²) < 4.78 is 3.22. The molecule has 8 nitrogen and oxygen atoms in total. The van der Waals surface area contributed by atoms with Crippen molar-refractivity contribution in [2.24, 2.45) is 12.5 Å². The zero-order chi connectivity index (χ0) is 19.2. The molecule has 1 saturated heterocycles. The van der Waals surface area contributed by atoms with Gasteiger partial charge in [-0.3, -0.25) is 9.13 Å². The van der Waals surface area contributed by atoms with Crippen LogP contribution in [0.15, 0.2) is 11.0 Å². The molecule has 0 spiro atoms. The van der Waals surface area contributed by atoms with Gasteiger partial charge in [0.05, 0.1) is 28.3 Å². The van der Waals surface area contributed by atoms with Gasteiger partial charge in [-0.1, -0.05) is 11.6 Å². The molecule has 26 heavy (non-hydrogen) atoms. The number of aromatic nitrogens is 3. The normalized spacial score (nSPS) is 17.0. The highest BCUT2D eigenvalue weighted by Crippen LogP contribution is 2.31. The summed E-state index contributed by atoms with van der Waals surface area (Å²) in [4.78, 5) is 34.3. The average molecular weight is 382 g/mol. The highest BCUT2D eigenvalue weighted by atomic mass is 35.5. The zero-order valence-corrected chi connectivity index (χ0v) is 16.2. The maximum absolute atomic E-state index is 12.7. The van der Waals surface area contributed by atoms with Gasteiger partial charge in [0.2, 0.25) is 0 Å². The van der Waals surface area contributed by atoms with Crippen LogP contribution in [0.2, 0.25) is 5.15 Å². The molecule has 2 aromatic rings. The summed E-state index contributed by atoms with van der Waals surface area (Å²) in [5, 5.41) is 1.85. The fourth-order valence-corrected chi connectivity index (χ4v) is 3.27. The van der Waals surface area contributed by atoms with Crippen molar-refractivity contribution in [2.75, 3.05) is 18.8 Å². The monoisotopic (exact) mass is 381 g/mol. The summed E-state index contributed by atoms with van der Waals surface area (Å²) in [6, 6.07) is -0.0449. The lowest BCUT2D eigenvalue weighted by Gasteiger charge is -2.32. The first-order chi connectivity index (χ1) is 12.1. The number of piperidine rings is 1. The predicted octanol–water partition coefficient (Wildman–Crippen LogP) is 2.11. The Morgan fingerprint density at radius 2 is 1.96 bits per heavy atom. The van der Waals surface area contributed by atoms with Gasteiger partial charge in [-0.15, -0.1) is 5.06 Å². The molecule has 142 valence electrons. The van der Waals surface area contributed by atoms with Gasteiger partial charge >= 0.3 is 11.7 Å². The lowest BCUT2D eigenvalue weighted by atomic mass is 9.98. The number of fused-ring (bicyclic) bond motifs is 1. The smallest absolute Gasteiger partial charge is 0.330 e. The minimum atomic E-state index is -0.554. The van der Waals surface area contributed by atoms with Gasteiger partial charge in [0.1, 0.15) is 0 Å². The highest BCUT2D eigenvalue weighted by molar-refractivity contribution is 6.33. The van der Waals surface area contributed by atoms with E-state index in [1.807, 2.05) is 20.8 Å². The van der Waals surface area contributed by atoms with Crippen LogP contribution in [-0.2, 0) is 16.7 Å². The number of hydrogen-bond donors (Lipinski definition) is 1. The number of carbonyl (C=O) groups is 1. The molecule has 0 atom stereocenters. The Morgan fingerprint density at radius 1 is 1.35 bits per heavy atom. The van der Waals surface area contributed by atoms with Crippen molar-refractivity contribution in [3.8, 4) is 0 Å². The van der Waals surface area contributed by atoms with Gasteiger partial charge < -0.3 is 10.6 Å². The lowest BCUT2D eigenvalue weighted by molar-refractivity contribution is -0.205. The van der Waals surface area contributed by atoms with Crippen LogP contribution in [0.3, 0.4) is 0 Å². The van der Waals surface area contributed by atoms with E-state index in [4.69, 9.17) is 22.2 Å². The Bertz CT molecular complexity index is 904. The predicted molar refractivity (Wildman–Crippen MR) is 99.8 cm³/mol. The Kier molecular flexibility index (Phi) is 4.74. The number of anilines is 1. The molecular weight excluding hydrogens is 358 g/mol. The number of rotatable bonds is 2. The van der Waals surface area contributed by atoms with E-state index in [-0.39, 0.29) is 22.9 Å². The van der Waals surface area contributed by atoms with Crippen molar-refractivity contribution in [1.82, 2.24) is 19.2 Å². The van der Waals surface area contributed by atoms with Gasteiger partial charge in [-0.05, 0) is 33.6 Å². The minimum absolute atomic E-state index is 0.0449. The SMILES string of the molecule is Cn1c(=O)n(C2CCN(OC(=O)C(C)(C)C)CC2)c2c(N)c(Cl)ncc21. The summed E-state index contributed by atoms with van der Waals surface area (Å²) in [6.07, 6.45) is 2.89. The van der Waals surface area contributed by atoms with Gasteiger partial charge in [0.25, 0.3) is 0 Å². The average Bonchev–Trinajstić information content (AvgIpc) is 2.83. The second-order valence-corrected chi connectivity index (χ2v) is 8.06. The second-order valence-electron chi connectivity index (χ2n) is 7.70. The number of carbonyl (C=O) groups excluding carboxylic acids is 1. The van der Waals surface area contributed by atoms with E-state index in [2.05, 4.69) is 4.98 Å². The van der Waals surface area contributed by atoms with Crippen LogP contribution >= 0.6 is 11.6 Å². The molecule has 3 rings (SSSR count). The molecule has 1 aliphatic rings. The molecule has 0 unspecified atom stereocenters. The van der Waals surface area contributed by atoms with E-state index >= 15 is 0 Å². The number of nitrogen functional groups attached to an aromatic ring is 1. The zero-order valence-electron chi connectivity index (χ0n) is 15.5. The minimum Gasteiger partial charge on any atom is -0.394 e. The van der Waals surface area contributed by atoms with Crippen molar-refractivity contribution < 1.29 is 9.63 Å². The molecule has 3 heterocycles. The summed E-state index contributed by atoms with van der Waals surface area (Å²) in [7, 11) is 1.69. The molecule has 2 aromatic heterocycles. The molecule has 0 radical (unpaired) electrons. The quantitative estimate of drug-likeness (QED) is 0.800. The third-order valence-corrected chi connectivity index (χ3v) is 5.03. The summed E-state index contributed by atoms with van der Waals surface area (Å²) in [5.74, 6) is -0.264. The van der Waals surface area contributed by atoms with Gasteiger partial charge in [-0.2, -0.15) is 0 Å². The van der Waals surface area contributed by atoms with Crippen LogP contribution in [0.5, 0.6) is 0 Å². The van der Waals surface area contributed by atoms with E-state index in [0.717, 1.165) is 0 Å². The molecule has 0 bridgehead atoms. The first-order valence-electron chi connectivity index (χ1n) is 8.59. The standard InChI is InChI=1S/C17H24ClN5O3/c1-17(2,3)15(24)26-22-7-5-10(6-8-22)23-13-11(21(4)16(23)25)9-20-14(18)12(13)19/h9-10H,5-8,19H2,1-4H3. The van der Waals surface area contributed by atoms with Crippen LogP contribution < -0.4 is 11.4 Å². The summed E-state index contributed by atoms with van der Waals surface area (Å²) >= 11 is 6.06. The third kappa shape index (κ3) is 3.19. The summed E-state index contributed by atoms with van der Waals surface area (Å²) in [5.41, 5.74) is 6.97. The molecule has 0 saturated carbocycles. The van der Waals surface area contributed by atoms with Crippen molar-refractivity contribution >= 4 is 34.3 Å². The van der Waals surface area contributed by atoms with Gasteiger partial charge in [0, 0.05) is 26.2 Å². The molecule has 1 aliphatic heterocycles. The third-order valence-electron chi connectivity index (χ3n) is 4.73. The Morgan fingerprint density at radius 3 is 2.54 bits per heavy atom. The Hall–Kier alpha value is -2.06. The largest absolute Gasteiger partial charge is 0.394 e. The van der Waals surface area contributed by atoms with Crippen LogP contribution in [-0.4, -0.2) is 38.2 Å². The molecule has 0 aliphatic carbocycles. The van der Waals surface area contributed by atoms with E-state index in [1.165, 1.54) is 4.57 Å². The van der Waals surface area contributed by atoms with E-state index < -0.39 is 5.41 Å². The molecule has 1 fully saturated rings. The molecule has 0 amide bonds. The topological polar surface area (TPSA) is 95.4 Å². The fourth-order valence-electron chi connectivity index (χ4n) is 3.13. The molecular formula is C17H24ClN5O3. The van der Waals surface area contributed by atoms with Crippen molar-refractivity contribution in [1.29, 1.82) is 0 Å². The first kappa shape index (κ1) is 18.7. The number of nitrogens with zero attached hydrogens (tertiary/aromatic N) is 4. The van der Waals surface area contributed by atoms with Crippen molar-refractivity contribution in [3.05, 3.63) is 21.8 Å². The summed E-state index contributed by atoms with van der Waals surface area (Å²) in [6.45, 7) is 6.55. The highest BCUT2D eigenvalue weighted by Gasteiger charge is 2.30. The maximum Gasteiger partial charge on any atom is 0.330 e. The number of pyridine rings is 1. The Balaban J connectivity index is 1.85. The fraction of sp³-hybridized carbons (Fsp3) is 0.588. The van der Waals surface area contributed by atoms with Crippen LogP contribution in [0, 0.1) is 5.41 Å². The van der Waals surface area contributed by atoms with Gasteiger partial charge in [-0.25, -0.2) is 14.6 Å². The number of aryl methyl sites for hydroxylation is 1.